The fourth-order valence-corrected chi connectivity index (χ4v) is 4.49. The van der Waals surface area contributed by atoms with Crippen LogP contribution in [0, 0.1) is 11.6 Å². The lowest BCUT2D eigenvalue weighted by Crippen LogP contribution is -2.45. The predicted molar refractivity (Wildman–Crippen MR) is 114 cm³/mol. The molecule has 1 atom stereocenters. The molecule has 2 bridgehead atoms. The van der Waals surface area contributed by atoms with E-state index in [1.807, 2.05) is 24.3 Å². The van der Waals surface area contributed by atoms with Gasteiger partial charge in [-0.3, -0.25) is 14.4 Å². The number of aromatic hydroxyl groups is 1. The number of nitrogens with zero attached hydrogens (tertiary/aromatic N) is 2. The van der Waals surface area contributed by atoms with Crippen LogP contribution < -0.4 is 10.7 Å². The lowest BCUT2D eigenvalue weighted by Gasteiger charge is -2.35. The van der Waals surface area contributed by atoms with Gasteiger partial charge in [-0.15, -0.1) is 0 Å². The number of pyridine rings is 1. The highest BCUT2D eigenvalue weighted by Gasteiger charge is 2.38. The molecule has 9 heteroatoms. The summed E-state index contributed by atoms with van der Waals surface area (Å²) in [5, 5.41) is 13.1. The zero-order valence-electron chi connectivity index (χ0n) is 17.3. The van der Waals surface area contributed by atoms with Crippen molar-refractivity contribution < 1.29 is 23.5 Å². The predicted octanol–water partition coefficient (Wildman–Crippen LogP) is 2.36. The molecule has 2 aliphatic rings. The number of amides is 2. The fraction of sp³-hybridized carbons (Fsp3) is 0.208. The van der Waals surface area contributed by atoms with Crippen LogP contribution in [-0.4, -0.2) is 39.5 Å². The van der Waals surface area contributed by atoms with Crippen molar-refractivity contribution in [2.45, 2.75) is 19.0 Å². The first-order valence-electron chi connectivity index (χ1n) is 10.4. The molecule has 3 heterocycles. The maximum absolute atomic E-state index is 13.9. The summed E-state index contributed by atoms with van der Waals surface area (Å²) in [5.74, 6) is -3.70. The fourth-order valence-electron chi connectivity index (χ4n) is 4.49. The largest absolute Gasteiger partial charge is 0.503 e. The van der Waals surface area contributed by atoms with Crippen LogP contribution in [0.1, 0.15) is 43.6 Å². The Kier molecular flexibility index (Phi) is 4.96. The van der Waals surface area contributed by atoms with Crippen molar-refractivity contribution in [1.82, 2.24) is 14.8 Å². The lowest BCUT2D eigenvalue weighted by molar-refractivity contribution is 0.0686. The van der Waals surface area contributed by atoms with Gasteiger partial charge in [0.2, 0.25) is 5.43 Å². The Morgan fingerprint density at radius 3 is 2.73 bits per heavy atom. The van der Waals surface area contributed by atoms with Gasteiger partial charge in [0.15, 0.2) is 11.4 Å². The second-order valence-electron chi connectivity index (χ2n) is 8.11. The first kappa shape index (κ1) is 20.9. The van der Waals surface area contributed by atoms with Crippen LogP contribution in [0.25, 0.3) is 0 Å². The Morgan fingerprint density at radius 2 is 1.94 bits per heavy atom. The van der Waals surface area contributed by atoms with Crippen LogP contribution >= 0.6 is 0 Å². The Labute approximate surface area is 186 Å². The molecule has 0 spiro atoms. The molecule has 3 aromatic rings. The van der Waals surface area contributed by atoms with E-state index in [-0.39, 0.29) is 29.4 Å². The third kappa shape index (κ3) is 3.45. The number of nitrogens with one attached hydrogen (secondary N) is 1. The van der Waals surface area contributed by atoms with Gasteiger partial charge in [0, 0.05) is 37.5 Å². The standard InChI is InChI=1S/C24H19F2N3O4/c25-15-6-5-14(18(26)9-15)10-27-23(32)17-11-29-19-12-28(24(33)20(29)22(31)21(17)30)8-7-13-3-1-2-4-16(13)19/h1-6,9,11,19,31H,7-8,10,12H2,(H,27,32)/t19-/m1/s1. The van der Waals surface area contributed by atoms with Crippen LogP contribution in [0.5, 0.6) is 5.75 Å². The molecule has 2 amide bonds. The maximum atomic E-state index is 13.9. The maximum Gasteiger partial charge on any atom is 0.274 e. The van der Waals surface area contributed by atoms with Gasteiger partial charge in [-0.05, 0) is 23.6 Å². The number of hydrogen-bond donors (Lipinski definition) is 2. The summed E-state index contributed by atoms with van der Waals surface area (Å²) in [7, 11) is 0. The quantitative estimate of drug-likeness (QED) is 0.640. The van der Waals surface area contributed by atoms with Crippen LogP contribution in [0.2, 0.25) is 0 Å². The number of rotatable bonds is 3. The number of fused-ring (bicyclic) bond motifs is 6. The normalized spacial score (nSPS) is 16.6. The second kappa shape index (κ2) is 7.84. The van der Waals surface area contributed by atoms with Crippen molar-refractivity contribution in [3.8, 4) is 5.75 Å². The number of hydrogen-bond acceptors (Lipinski definition) is 4. The summed E-state index contributed by atoms with van der Waals surface area (Å²) in [5.41, 5.74) is 0.504. The minimum atomic E-state index is -0.986. The SMILES string of the molecule is O=C(NCc1ccc(F)cc1F)c1cn2c(c(O)c1=O)C(=O)N1CCc3ccccc3[C@H]2C1. The van der Waals surface area contributed by atoms with Crippen LogP contribution in [0.4, 0.5) is 8.78 Å². The van der Waals surface area contributed by atoms with Gasteiger partial charge < -0.3 is 19.9 Å². The molecule has 2 aliphatic heterocycles. The molecule has 0 saturated heterocycles. The van der Waals surface area contributed by atoms with Crippen molar-refractivity contribution in [2.75, 3.05) is 13.1 Å². The van der Waals surface area contributed by atoms with Crippen molar-refractivity contribution in [2.24, 2.45) is 0 Å². The molecule has 0 fully saturated rings. The summed E-state index contributed by atoms with van der Waals surface area (Å²) >= 11 is 0. The first-order valence-corrected chi connectivity index (χ1v) is 10.4. The summed E-state index contributed by atoms with van der Waals surface area (Å²) in [6.45, 7) is 0.504. The molecule has 1 aromatic heterocycles. The summed E-state index contributed by atoms with van der Waals surface area (Å²) in [6.07, 6.45) is 1.91. The van der Waals surface area contributed by atoms with Gasteiger partial charge in [-0.2, -0.15) is 0 Å². The number of aromatic nitrogens is 1. The van der Waals surface area contributed by atoms with E-state index < -0.39 is 34.6 Å². The highest BCUT2D eigenvalue weighted by molar-refractivity contribution is 5.99. The zero-order chi connectivity index (χ0) is 23.3. The van der Waals surface area contributed by atoms with Crippen molar-refractivity contribution in [3.63, 3.8) is 0 Å². The molecule has 0 radical (unpaired) electrons. The van der Waals surface area contributed by atoms with Gasteiger partial charge in [-0.25, -0.2) is 8.78 Å². The summed E-state index contributed by atoms with van der Waals surface area (Å²) in [6, 6.07) is 10.2. The highest BCUT2D eigenvalue weighted by Crippen LogP contribution is 2.34. The number of halogens is 2. The van der Waals surface area contributed by atoms with E-state index in [9.17, 15) is 28.3 Å². The third-order valence-corrected chi connectivity index (χ3v) is 6.19. The lowest BCUT2D eigenvalue weighted by atomic mass is 9.97. The molecular formula is C24H19F2N3O4. The van der Waals surface area contributed by atoms with E-state index in [2.05, 4.69) is 5.32 Å². The third-order valence-electron chi connectivity index (χ3n) is 6.19. The molecule has 2 aromatic carbocycles. The molecular weight excluding hydrogens is 432 g/mol. The minimum Gasteiger partial charge on any atom is -0.503 e. The van der Waals surface area contributed by atoms with Gasteiger partial charge in [0.25, 0.3) is 11.8 Å². The molecule has 7 nitrogen and oxygen atoms in total. The molecule has 0 unspecified atom stereocenters. The Hall–Kier alpha value is -4.01. The van der Waals surface area contributed by atoms with Crippen molar-refractivity contribution in [1.29, 1.82) is 0 Å². The molecule has 33 heavy (non-hydrogen) atoms. The average molecular weight is 451 g/mol. The van der Waals surface area contributed by atoms with Gasteiger partial charge in [0.1, 0.15) is 17.2 Å². The Bertz CT molecular complexity index is 1370. The monoisotopic (exact) mass is 451 g/mol. The zero-order valence-corrected chi connectivity index (χ0v) is 17.3. The Morgan fingerprint density at radius 1 is 1.15 bits per heavy atom. The van der Waals surface area contributed by atoms with E-state index in [0.29, 0.717) is 25.6 Å². The molecule has 168 valence electrons. The van der Waals surface area contributed by atoms with E-state index in [1.54, 1.807) is 4.90 Å². The van der Waals surface area contributed by atoms with E-state index in [4.69, 9.17) is 0 Å². The second-order valence-corrected chi connectivity index (χ2v) is 8.11. The smallest absolute Gasteiger partial charge is 0.274 e. The van der Waals surface area contributed by atoms with Gasteiger partial charge in [-0.1, -0.05) is 30.3 Å². The van der Waals surface area contributed by atoms with E-state index in [1.165, 1.54) is 16.8 Å². The number of carbonyl (C=O) groups is 2. The van der Waals surface area contributed by atoms with Gasteiger partial charge in [0.05, 0.1) is 6.04 Å². The number of benzene rings is 2. The van der Waals surface area contributed by atoms with E-state index >= 15 is 0 Å². The topological polar surface area (TPSA) is 91.6 Å². The molecule has 0 aliphatic carbocycles. The summed E-state index contributed by atoms with van der Waals surface area (Å²) < 4.78 is 28.5. The molecule has 5 rings (SSSR count). The van der Waals surface area contributed by atoms with Crippen LogP contribution in [-0.2, 0) is 13.0 Å². The highest BCUT2D eigenvalue weighted by atomic mass is 19.1. The first-order chi connectivity index (χ1) is 15.8. The molecule has 0 saturated carbocycles. The molecule has 2 N–H and O–H groups in total. The minimum absolute atomic E-state index is 0.0375. The van der Waals surface area contributed by atoms with E-state index in [0.717, 1.165) is 17.2 Å². The van der Waals surface area contributed by atoms with Crippen molar-refractivity contribution in [3.05, 3.63) is 98.5 Å². The van der Waals surface area contributed by atoms with Crippen molar-refractivity contribution >= 4 is 11.8 Å². The Balaban J connectivity index is 1.55. The summed E-state index contributed by atoms with van der Waals surface area (Å²) in [4.78, 5) is 40.2. The van der Waals surface area contributed by atoms with Crippen LogP contribution in [0.15, 0.2) is 53.5 Å². The van der Waals surface area contributed by atoms with Crippen LogP contribution in [0.3, 0.4) is 0 Å². The average Bonchev–Trinajstić information content (AvgIpc) is 2.97. The van der Waals surface area contributed by atoms with Gasteiger partial charge >= 0.3 is 0 Å². The number of carbonyl (C=O) groups excluding carboxylic acids is 2.